The maximum atomic E-state index is 10.8. The van der Waals surface area contributed by atoms with E-state index in [1.165, 1.54) is 0 Å². The Kier molecular flexibility index (Phi) is 5.23. The summed E-state index contributed by atoms with van der Waals surface area (Å²) in [6, 6.07) is 0. The smallest absolute Gasteiger partial charge is 0.332 e. The molecule has 0 aromatic heterocycles. The minimum Gasteiger partial charge on any atom is -0.374 e. The zero-order chi connectivity index (χ0) is 8.91. The molecule has 11 heavy (non-hydrogen) atoms. The first-order valence-corrected chi connectivity index (χ1v) is 6.71. The van der Waals surface area contributed by atoms with Crippen LogP contribution in [0.25, 0.3) is 0 Å². The Morgan fingerprint density at radius 2 is 2.09 bits per heavy atom. The summed E-state index contributed by atoms with van der Waals surface area (Å²) < 4.78 is 25.8. The molecule has 1 atom stereocenters. The fourth-order valence-electron chi connectivity index (χ4n) is 0.491. The van der Waals surface area contributed by atoms with Crippen LogP contribution in [0.1, 0.15) is 6.92 Å². The van der Waals surface area contributed by atoms with Crippen molar-refractivity contribution in [3.63, 3.8) is 0 Å². The van der Waals surface area contributed by atoms with Gasteiger partial charge in [0.1, 0.15) is 13.7 Å². The quantitative estimate of drug-likeness (QED) is 0.640. The largest absolute Gasteiger partial charge is 0.374 e. The van der Waals surface area contributed by atoms with Crippen LogP contribution in [0.2, 0.25) is 0 Å². The van der Waals surface area contributed by atoms with Gasteiger partial charge in [0.05, 0.1) is 6.35 Å². The highest BCUT2D eigenvalue weighted by molar-refractivity contribution is 7.66. The van der Waals surface area contributed by atoms with E-state index in [2.05, 4.69) is 0 Å². The van der Waals surface area contributed by atoms with Gasteiger partial charge in [0, 0.05) is 6.61 Å². The lowest BCUT2D eigenvalue weighted by Crippen LogP contribution is -1.91. The molecule has 0 spiro atoms. The Balaban J connectivity index is 3.62. The third-order valence-corrected chi connectivity index (χ3v) is 4.43. The zero-order valence-corrected chi connectivity index (χ0v) is 8.08. The monoisotopic (exact) mass is 202 g/mol. The molecule has 0 amide bonds. The summed E-state index contributed by atoms with van der Waals surface area (Å²) in [5.74, 6) is -0.544. The van der Waals surface area contributed by atoms with Gasteiger partial charge in [0.25, 0.3) is 0 Å². The van der Waals surface area contributed by atoms with Crippen molar-refractivity contribution in [2.75, 3.05) is 18.9 Å². The molecule has 0 saturated heterocycles. The Labute approximate surface area is 65.7 Å². The summed E-state index contributed by atoms with van der Waals surface area (Å²) in [4.78, 5) is 16.7. The fraction of sp³-hybridized carbons (Fsp3) is 1.00. The SMILES string of the molecule is CCOC[PH](=O)CP(=O)(O)O. The van der Waals surface area contributed by atoms with E-state index in [9.17, 15) is 9.13 Å². The van der Waals surface area contributed by atoms with Crippen LogP contribution in [-0.4, -0.2) is 28.6 Å². The predicted octanol–water partition coefficient (Wildman–Crippen LogP) is 0.675. The molecule has 0 aromatic rings. The van der Waals surface area contributed by atoms with Crippen LogP contribution < -0.4 is 0 Å². The standard InChI is InChI=1S/C4H12O5P2/c1-2-9-3-10(5)4-11(6,7)8/h10H,2-4H2,1H3,(H2,6,7,8). The highest BCUT2D eigenvalue weighted by Gasteiger charge is 2.17. The zero-order valence-electron chi connectivity index (χ0n) is 6.19. The first-order chi connectivity index (χ1) is 4.95. The van der Waals surface area contributed by atoms with Crippen molar-refractivity contribution in [1.82, 2.24) is 0 Å². The molecule has 0 fully saturated rings. The predicted molar refractivity (Wildman–Crippen MR) is 42.4 cm³/mol. The van der Waals surface area contributed by atoms with Crippen LogP contribution in [0.5, 0.6) is 0 Å². The number of rotatable bonds is 5. The van der Waals surface area contributed by atoms with E-state index in [4.69, 9.17) is 14.5 Å². The van der Waals surface area contributed by atoms with Gasteiger partial charge in [-0.25, -0.2) is 0 Å². The van der Waals surface area contributed by atoms with Gasteiger partial charge in [-0.2, -0.15) is 0 Å². The van der Waals surface area contributed by atoms with Gasteiger partial charge >= 0.3 is 7.60 Å². The van der Waals surface area contributed by atoms with E-state index in [0.717, 1.165) is 0 Å². The summed E-state index contributed by atoms with van der Waals surface area (Å²) in [6.45, 7) is 2.14. The van der Waals surface area contributed by atoms with Crippen molar-refractivity contribution in [2.24, 2.45) is 0 Å². The molecule has 0 bridgehead atoms. The molecule has 0 saturated carbocycles. The molecule has 0 aromatic carbocycles. The molecule has 0 aliphatic heterocycles. The van der Waals surface area contributed by atoms with E-state index in [-0.39, 0.29) is 6.35 Å². The molecule has 0 aliphatic carbocycles. The van der Waals surface area contributed by atoms with Crippen molar-refractivity contribution < 1.29 is 23.7 Å². The van der Waals surface area contributed by atoms with Gasteiger partial charge in [-0.15, -0.1) is 0 Å². The minimum absolute atomic E-state index is 0.0354. The van der Waals surface area contributed by atoms with E-state index in [1.54, 1.807) is 6.92 Å². The molecule has 0 heterocycles. The highest BCUT2D eigenvalue weighted by atomic mass is 31.2. The lowest BCUT2D eigenvalue weighted by Gasteiger charge is -2.03. The second-order valence-corrected chi connectivity index (χ2v) is 5.96. The van der Waals surface area contributed by atoms with Crippen LogP contribution in [-0.2, 0) is 13.9 Å². The molecular formula is C4H12O5P2. The number of hydrogen-bond donors (Lipinski definition) is 2. The Morgan fingerprint density at radius 3 is 2.45 bits per heavy atom. The van der Waals surface area contributed by atoms with E-state index in [1.807, 2.05) is 0 Å². The molecule has 0 rings (SSSR count). The van der Waals surface area contributed by atoms with Gasteiger partial charge in [0.15, 0.2) is 0 Å². The van der Waals surface area contributed by atoms with Gasteiger partial charge < -0.3 is 19.1 Å². The van der Waals surface area contributed by atoms with Gasteiger partial charge in [-0.3, -0.25) is 4.57 Å². The van der Waals surface area contributed by atoms with Crippen LogP contribution >= 0.6 is 15.4 Å². The molecule has 5 nitrogen and oxygen atoms in total. The first kappa shape index (κ1) is 11.3. The average Bonchev–Trinajstić information content (AvgIpc) is 1.79. The molecular weight excluding hydrogens is 190 g/mol. The lowest BCUT2D eigenvalue weighted by atomic mass is 10.9. The summed E-state index contributed by atoms with van der Waals surface area (Å²) in [5.41, 5.74) is 0. The molecule has 2 N–H and O–H groups in total. The molecule has 7 heteroatoms. The Bertz CT molecular complexity index is 173. The van der Waals surface area contributed by atoms with Crippen LogP contribution in [0, 0.1) is 0 Å². The molecule has 0 aliphatic rings. The third-order valence-electron chi connectivity index (χ3n) is 0.849. The summed E-state index contributed by atoms with van der Waals surface area (Å²) in [7, 11) is -6.35. The van der Waals surface area contributed by atoms with E-state index in [0.29, 0.717) is 6.61 Å². The molecule has 1 unspecified atom stereocenters. The van der Waals surface area contributed by atoms with Gasteiger partial charge in [-0.1, -0.05) is 0 Å². The highest BCUT2D eigenvalue weighted by Crippen LogP contribution is 2.44. The average molecular weight is 202 g/mol. The topological polar surface area (TPSA) is 83.8 Å². The first-order valence-electron chi connectivity index (χ1n) is 3.09. The van der Waals surface area contributed by atoms with Crippen molar-refractivity contribution in [2.45, 2.75) is 6.92 Å². The van der Waals surface area contributed by atoms with E-state index >= 15 is 0 Å². The fourth-order valence-corrected chi connectivity index (χ4v) is 3.13. The number of hydrogen-bond acceptors (Lipinski definition) is 3. The van der Waals surface area contributed by atoms with E-state index < -0.39 is 21.3 Å². The maximum Gasteiger partial charge on any atom is 0.332 e. The van der Waals surface area contributed by atoms with Crippen LogP contribution in [0.3, 0.4) is 0 Å². The van der Waals surface area contributed by atoms with Crippen molar-refractivity contribution in [1.29, 1.82) is 0 Å². The maximum absolute atomic E-state index is 10.8. The van der Waals surface area contributed by atoms with Crippen molar-refractivity contribution in [3.8, 4) is 0 Å². The third kappa shape index (κ3) is 8.24. The molecule has 0 radical (unpaired) electrons. The Hall–Kier alpha value is 0.340. The van der Waals surface area contributed by atoms with Crippen LogP contribution in [0.4, 0.5) is 0 Å². The van der Waals surface area contributed by atoms with Gasteiger partial charge in [-0.05, 0) is 6.92 Å². The van der Waals surface area contributed by atoms with Crippen molar-refractivity contribution >= 4 is 15.4 Å². The summed E-state index contributed by atoms with van der Waals surface area (Å²) in [6.07, 6.45) is -0.0354. The molecule has 68 valence electrons. The van der Waals surface area contributed by atoms with Gasteiger partial charge in [0.2, 0.25) is 0 Å². The second kappa shape index (κ2) is 5.07. The number of ether oxygens (including phenoxy) is 1. The van der Waals surface area contributed by atoms with Crippen molar-refractivity contribution in [3.05, 3.63) is 0 Å². The van der Waals surface area contributed by atoms with Crippen LogP contribution in [0.15, 0.2) is 0 Å². The summed E-state index contributed by atoms with van der Waals surface area (Å²) in [5, 5.41) is 0. The minimum atomic E-state index is -4.11. The normalized spacial score (nSPS) is 14.8. The summed E-state index contributed by atoms with van der Waals surface area (Å²) >= 11 is 0. The second-order valence-electron chi connectivity index (χ2n) is 2.00. The lowest BCUT2D eigenvalue weighted by molar-refractivity contribution is 0.193. The Morgan fingerprint density at radius 1 is 1.55 bits per heavy atom.